The molecule has 1 aromatic rings. The summed E-state index contributed by atoms with van der Waals surface area (Å²) in [5.41, 5.74) is 1.29. The maximum absolute atomic E-state index is 11.5. The number of esters is 1. The first-order chi connectivity index (χ1) is 8.70. The fraction of sp³-hybridized carbons (Fsp3) is 0.462. The van der Waals surface area contributed by atoms with Gasteiger partial charge in [-0.05, 0) is 37.6 Å². The van der Waals surface area contributed by atoms with Gasteiger partial charge in [-0.25, -0.2) is 4.79 Å². The number of carbonyl (C=O) groups is 1. The van der Waals surface area contributed by atoms with E-state index < -0.39 is 0 Å². The van der Waals surface area contributed by atoms with Gasteiger partial charge in [0.15, 0.2) is 0 Å². The normalized spacial score (nSPS) is 19.3. The Kier molecular flexibility index (Phi) is 4.44. The van der Waals surface area contributed by atoms with Crippen LogP contribution < -0.4 is 10.6 Å². The van der Waals surface area contributed by atoms with Gasteiger partial charge in [-0.1, -0.05) is 11.6 Å². The molecule has 1 atom stereocenters. The molecule has 5 heteroatoms. The summed E-state index contributed by atoms with van der Waals surface area (Å²) in [5, 5.41) is 7.31. The van der Waals surface area contributed by atoms with Gasteiger partial charge >= 0.3 is 5.97 Å². The molecule has 1 aliphatic heterocycles. The van der Waals surface area contributed by atoms with Gasteiger partial charge < -0.3 is 15.4 Å². The van der Waals surface area contributed by atoms with Crippen LogP contribution in [0.4, 0.5) is 5.69 Å². The van der Waals surface area contributed by atoms with Gasteiger partial charge in [0.05, 0.1) is 23.4 Å². The summed E-state index contributed by atoms with van der Waals surface area (Å²) in [6.45, 7) is 1.98. The maximum atomic E-state index is 11.5. The van der Waals surface area contributed by atoms with Crippen LogP contribution in [0.5, 0.6) is 0 Å². The highest BCUT2D eigenvalue weighted by molar-refractivity contribution is 6.33. The van der Waals surface area contributed by atoms with Crippen molar-refractivity contribution >= 4 is 23.3 Å². The SMILES string of the molecule is COC(=O)c1ccc(Cl)c(NC2CCCNC2)c1. The lowest BCUT2D eigenvalue weighted by atomic mass is 10.1. The van der Waals surface area contributed by atoms with Crippen molar-refractivity contribution in [1.82, 2.24) is 5.32 Å². The van der Waals surface area contributed by atoms with Crippen LogP contribution >= 0.6 is 11.6 Å². The average molecular weight is 269 g/mol. The first kappa shape index (κ1) is 13.2. The third-order valence-corrected chi connectivity index (χ3v) is 3.37. The van der Waals surface area contributed by atoms with Crippen molar-refractivity contribution in [2.75, 3.05) is 25.5 Å². The second kappa shape index (κ2) is 6.07. The predicted molar refractivity (Wildman–Crippen MR) is 72.3 cm³/mol. The second-order valence-electron chi connectivity index (χ2n) is 4.37. The van der Waals surface area contributed by atoms with Crippen LogP contribution in [0.15, 0.2) is 18.2 Å². The highest BCUT2D eigenvalue weighted by Crippen LogP contribution is 2.25. The van der Waals surface area contributed by atoms with E-state index in [1.54, 1.807) is 18.2 Å². The average Bonchev–Trinajstić information content (AvgIpc) is 2.41. The van der Waals surface area contributed by atoms with Crippen LogP contribution in [0, 0.1) is 0 Å². The van der Waals surface area contributed by atoms with Gasteiger partial charge in [-0.3, -0.25) is 0 Å². The number of benzene rings is 1. The summed E-state index contributed by atoms with van der Waals surface area (Å²) < 4.78 is 4.70. The van der Waals surface area contributed by atoms with E-state index in [4.69, 9.17) is 16.3 Å². The molecule has 0 bridgehead atoms. The van der Waals surface area contributed by atoms with Gasteiger partial charge in [0.2, 0.25) is 0 Å². The molecule has 1 heterocycles. The first-order valence-corrected chi connectivity index (χ1v) is 6.43. The molecule has 1 unspecified atom stereocenters. The zero-order chi connectivity index (χ0) is 13.0. The Morgan fingerprint density at radius 2 is 2.39 bits per heavy atom. The molecule has 0 radical (unpaired) electrons. The fourth-order valence-corrected chi connectivity index (χ4v) is 2.25. The van der Waals surface area contributed by atoms with Crippen LogP contribution in [0.2, 0.25) is 5.02 Å². The summed E-state index contributed by atoms with van der Waals surface area (Å²) in [4.78, 5) is 11.5. The minimum Gasteiger partial charge on any atom is -0.465 e. The van der Waals surface area contributed by atoms with Crippen molar-refractivity contribution in [3.05, 3.63) is 28.8 Å². The lowest BCUT2D eigenvalue weighted by molar-refractivity contribution is 0.0601. The number of piperidine rings is 1. The quantitative estimate of drug-likeness (QED) is 0.826. The smallest absolute Gasteiger partial charge is 0.337 e. The summed E-state index contributed by atoms with van der Waals surface area (Å²) >= 11 is 6.13. The van der Waals surface area contributed by atoms with Crippen LogP contribution in [-0.4, -0.2) is 32.2 Å². The molecule has 1 fully saturated rings. The molecule has 1 saturated heterocycles. The van der Waals surface area contributed by atoms with Gasteiger partial charge in [0.25, 0.3) is 0 Å². The number of ether oxygens (including phenoxy) is 1. The van der Waals surface area contributed by atoms with Crippen LogP contribution in [0.3, 0.4) is 0 Å². The van der Waals surface area contributed by atoms with Gasteiger partial charge in [0, 0.05) is 12.6 Å². The topological polar surface area (TPSA) is 50.4 Å². The summed E-state index contributed by atoms with van der Waals surface area (Å²) in [7, 11) is 1.37. The third-order valence-electron chi connectivity index (χ3n) is 3.04. The molecular weight excluding hydrogens is 252 g/mol. The van der Waals surface area contributed by atoms with E-state index >= 15 is 0 Å². The number of rotatable bonds is 3. The number of carbonyl (C=O) groups excluding carboxylic acids is 1. The Labute approximate surface area is 112 Å². The zero-order valence-electron chi connectivity index (χ0n) is 10.3. The molecule has 1 aromatic carbocycles. The molecule has 1 aliphatic rings. The van der Waals surface area contributed by atoms with Crippen molar-refractivity contribution < 1.29 is 9.53 Å². The van der Waals surface area contributed by atoms with Crippen molar-refractivity contribution in [1.29, 1.82) is 0 Å². The van der Waals surface area contributed by atoms with Crippen molar-refractivity contribution in [2.45, 2.75) is 18.9 Å². The lowest BCUT2D eigenvalue weighted by Gasteiger charge is -2.25. The number of halogens is 1. The molecule has 2 rings (SSSR count). The molecule has 0 amide bonds. The maximum Gasteiger partial charge on any atom is 0.337 e. The summed E-state index contributed by atoms with van der Waals surface area (Å²) in [5.74, 6) is -0.350. The number of methoxy groups -OCH3 is 1. The van der Waals surface area contributed by atoms with E-state index in [0.29, 0.717) is 16.6 Å². The highest BCUT2D eigenvalue weighted by atomic mass is 35.5. The molecule has 0 saturated carbocycles. The Morgan fingerprint density at radius 1 is 1.56 bits per heavy atom. The predicted octanol–water partition coefficient (Wildman–Crippen LogP) is 2.29. The highest BCUT2D eigenvalue weighted by Gasteiger charge is 2.15. The van der Waals surface area contributed by atoms with Crippen molar-refractivity contribution in [2.24, 2.45) is 0 Å². The molecule has 4 nitrogen and oxygen atoms in total. The minimum absolute atomic E-state index is 0.350. The second-order valence-corrected chi connectivity index (χ2v) is 4.78. The molecule has 0 spiro atoms. The summed E-state index contributed by atoms with van der Waals surface area (Å²) in [6.07, 6.45) is 2.25. The molecule has 0 aromatic heterocycles. The van der Waals surface area contributed by atoms with Crippen LogP contribution in [0.25, 0.3) is 0 Å². The van der Waals surface area contributed by atoms with E-state index in [1.165, 1.54) is 7.11 Å². The molecular formula is C13H17ClN2O2. The molecule has 98 valence electrons. The van der Waals surface area contributed by atoms with E-state index in [1.807, 2.05) is 0 Å². The standard InChI is InChI=1S/C13H17ClN2O2/c1-18-13(17)9-4-5-11(14)12(7-9)16-10-3-2-6-15-8-10/h4-5,7,10,15-16H,2-3,6,8H2,1H3. The molecule has 2 N–H and O–H groups in total. The number of nitrogens with one attached hydrogen (secondary N) is 2. The van der Waals surface area contributed by atoms with E-state index in [2.05, 4.69) is 10.6 Å². The Hall–Kier alpha value is -1.26. The number of anilines is 1. The van der Waals surface area contributed by atoms with Gasteiger partial charge in [-0.15, -0.1) is 0 Å². The number of hydrogen-bond acceptors (Lipinski definition) is 4. The van der Waals surface area contributed by atoms with E-state index in [9.17, 15) is 4.79 Å². The van der Waals surface area contributed by atoms with Crippen LogP contribution in [0.1, 0.15) is 23.2 Å². The minimum atomic E-state index is -0.350. The zero-order valence-corrected chi connectivity index (χ0v) is 11.1. The van der Waals surface area contributed by atoms with Gasteiger partial charge in [-0.2, -0.15) is 0 Å². The van der Waals surface area contributed by atoms with Crippen molar-refractivity contribution in [3.63, 3.8) is 0 Å². The Balaban J connectivity index is 2.12. The Bertz CT molecular complexity index is 431. The van der Waals surface area contributed by atoms with E-state index in [-0.39, 0.29) is 5.97 Å². The first-order valence-electron chi connectivity index (χ1n) is 6.06. The van der Waals surface area contributed by atoms with Crippen molar-refractivity contribution in [3.8, 4) is 0 Å². The lowest BCUT2D eigenvalue weighted by Crippen LogP contribution is -2.38. The number of hydrogen-bond donors (Lipinski definition) is 2. The monoisotopic (exact) mass is 268 g/mol. The molecule has 18 heavy (non-hydrogen) atoms. The van der Waals surface area contributed by atoms with E-state index in [0.717, 1.165) is 31.6 Å². The fourth-order valence-electron chi connectivity index (χ4n) is 2.08. The Morgan fingerprint density at radius 3 is 3.06 bits per heavy atom. The van der Waals surface area contributed by atoms with Gasteiger partial charge in [0.1, 0.15) is 0 Å². The largest absolute Gasteiger partial charge is 0.465 e. The van der Waals surface area contributed by atoms with Crippen LogP contribution in [-0.2, 0) is 4.74 Å². The summed E-state index contributed by atoms with van der Waals surface area (Å²) in [6, 6.07) is 5.47. The third kappa shape index (κ3) is 3.15. The molecule has 0 aliphatic carbocycles.